The van der Waals surface area contributed by atoms with Gasteiger partial charge < -0.3 is 5.32 Å². The molecule has 21 heavy (non-hydrogen) atoms. The first kappa shape index (κ1) is 15.1. The summed E-state index contributed by atoms with van der Waals surface area (Å²) in [6, 6.07) is 7.93. The third kappa shape index (κ3) is 3.43. The van der Waals surface area contributed by atoms with Crippen LogP contribution in [0.4, 0.5) is 15.8 Å². The molecule has 0 aliphatic rings. The molecule has 0 radical (unpaired) electrons. The lowest BCUT2D eigenvalue weighted by Gasteiger charge is -2.07. The third-order valence-electron chi connectivity index (χ3n) is 2.84. The van der Waals surface area contributed by atoms with Gasteiger partial charge in [0, 0.05) is 22.3 Å². The second-order valence-electron chi connectivity index (χ2n) is 4.34. The number of rotatable bonds is 3. The molecule has 2 rings (SSSR count). The lowest BCUT2D eigenvalue weighted by molar-refractivity contribution is -0.384. The zero-order chi connectivity index (χ0) is 15.6. The first-order chi connectivity index (χ1) is 9.88. The molecule has 108 valence electrons. The van der Waals surface area contributed by atoms with E-state index in [0.717, 1.165) is 28.2 Å². The number of hydrogen-bond donors (Lipinski definition) is 1. The van der Waals surface area contributed by atoms with Crippen LogP contribution in [0.15, 0.2) is 40.9 Å². The number of anilines is 1. The van der Waals surface area contributed by atoms with Crippen LogP contribution < -0.4 is 5.32 Å². The summed E-state index contributed by atoms with van der Waals surface area (Å²) in [5.74, 6) is -1.56. The number of carbonyl (C=O) groups is 1. The molecule has 0 fully saturated rings. The van der Waals surface area contributed by atoms with Crippen LogP contribution in [-0.2, 0) is 0 Å². The molecule has 0 bridgehead atoms. The number of benzene rings is 2. The van der Waals surface area contributed by atoms with Gasteiger partial charge in [0.15, 0.2) is 0 Å². The van der Waals surface area contributed by atoms with Gasteiger partial charge in [-0.1, -0.05) is 22.0 Å². The van der Waals surface area contributed by atoms with Crippen molar-refractivity contribution in [3.8, 4) is 0 Å². The summed E-state index contributed by atoms with van der Waals surface area (Å²) in [4.78, 5) is 22.0. The predicted octanol–water partition coefficient (Wildman–Crippen LogP) is 4.06. The quantitative estimate of drug-likeness (QED) is 0.668. The number of hydrogen-bond acceptors (Lipinski definition) is 3. The van der Waals surface area contributed by atoms with Crippen LogP contribution in [0.25, 0.3) is 0 Å². The van der Waals surface area contributed by atoms with Crippen LogP contribution >= 0.6 is 15.9 Å². The molecule has 5 nitrogen and oxygen atoms in total. The number of aryl methyl sites for hydroxylation is 1. The van der Waals surface area contributed by atoms with Crippen LogP contribution in [0, 0.1) is 22.9 Å². The van der Waals surface area contributed by atoms with Crippen molar-refractivity contribution in [3.05, 3.63) is 67.9 Å². The Labute approximate surface area is 128 Å². The van der Waals surface area contributed by atoms with Crippen molar-refractivity contribution >= 4 is 33.2 Å². The van der Waals surface area contributed by atoms with Crippen molar-refractivity contribution in [2.75, 3.05) is 5.32 Å². The number of carbonyl (C=O) groups excluding carboxylic acids is 1. The van der Waals surface area contributed by atoms with E-state index in [2.05, 4.69) is 21.2 Å². The van der Waals surface area contributed by atoms with Crippen molar-refractivity contribution in [3.63, 3.8) is 0 Å². The minimum Gasteiger partial charge on any atom is -0.322 e. The fourth-order valence-electron chi connectivity index (χ4n) is 1.67. The van der Waals surface area contributed by atoms with Crippen LogP contribution in [-0.4, -0.2) is 10.8 Å². The maximum absolute atomic E-state index is 13.6. The Morgan fingerprint density at radius 3 is 2.62 bits per heavy atom. The maximum Gasteiger partial charge on any atom is 0.270 e. The van der Waals surface area contributed by atoms with Crippen molar-refractivity contribution < 1.29 is 14.1 Å². The summed E-state index contributed by atoms with van der Waals surface area (Å²) in [7, 11) is 0. The fraction of sp³-hybridized carbons (Fsp3) is 0.0714. The highest BCUT2D eigenvalue weighted by Gasteiger charge is 2.17. The molecule has 0 aliphatic carbocycles. The van der Waals surface area contributed by atoms with E-state index in [0.29, 0.717) is 5.69 Å². The van der Waals surface area contributed by atoms with Gasteiger partial charge in [-0.05, 0) is 30.7 Å². The van der Waals surface area contributed by atoms with Gasteiger partial charge in [-0.2, -0.15) is 0 Å². The second kappa shape index (κ2) is 6.01. The molecule has 2 aromatic rings. The SMILES string of the molecule is Cc1ccc(NC(=O)c2cc([N+](=O)[O-])ccc2F)cc1Br. The van der Waals surface area contributed by atoms with Gasteiger partial charge in [0.2, 0.25) is 0 Å². The molecule has 0 saturated carbocycles. The van der Waals surface area contributed by atoms with Gasteiger partial charge in [0.1, 0.15) is 5.82 Å². The Morgan fingerprint density at radius 1 is 1.29 bits per heavy atom. The minimum atomic E-state index is -0.815. The number of nitrogens with one attached hydrogen (secondary N) is 1. The summed E-state index contributed by atoms with van der Waals surface area (Å²) in [5.41, 5.74) is 0.727. The number of nitrogens with zero attached hydrogens (tertiary/aromatic N) is 1. The Hall–Kier alpha value is -2.28. The van der Waals surface area contributed by atoms with E-state index in [1.165, 1.54) is 0 Å². The van der Waals surface area contributed by atoms with Crippen molar-refractivity contribution in [2.24, 2.45) is 0 Å². The number of halogens is 2. The Bertz CT molecular complexity index is 734. The number of non-ortho nitro benzene ring substituents is 1. The zero-order valence-electron chi connectivity index (χ0n) is 10.9. The highest BCUT2D eigenvalue weighted by atomic mass is 79.9. The molecule has 0 spiro atoms. The van der Waals surface area contributed by atoms with E-state index in [9.17, 15) is 19.3 Å². The fourth-order valence-corrected chi connectivity index (χ4v) is 2.05. The molecular formula is C14H10BrFN2O3. The van der Waals surface area contributed by atoms with E-state index in [-0.39, 0.29) is 11.3 Å². The lowest BCUT2D eigenvalue weighted by atomic mass is 10.1. The molecule has 0 unspecified atom stereocenters. The van der Waals surface area contributed by atoms with Gasteiger partial charge in [-0.15, -0.1) is 0 Å². The monoisotopic (exact) mass is 352 g/mol. The highest BCUT2D eigenvalue weighted by molar-refractivity contribution is 9.10. The molecule has 0 aromatic heterocycles. The third-order valence-corrected chi connectivity index (χ3v) is 3.69. The smallest absolute Gasteiger partial charge is 0.270 e. The average Bonchev–Trinajstić information content (AvgIpc) is 2.43. The van der Waals surface area contributed by atoms with Crippen LogP contribution in [0.1, 0.15) is 15.9 Å². The largest absolute Gasteiger partial charge is 0.322 e. The Kier molecular flexibility index (Phi) is 4.32. The van der Waals surface area contributed by atoms with Gasteiger partial charge in [0.05, 0.1) is 10.5 Å². The van der Waals surface area contributed by atoms with Crippen LogP contribution in [0.5, 0.6) is 0 Å². The van der Waals surface area contributed by atoms with E-state index < -0.39 is 16.6 Å². The van der Waals surface area contributed by atoms with Crippen molar-refractivity contribution in [1.82, 2.24) is 0 Å². The molecule has 1 amide bonds. The van der Waals surface area contributed by atoms with E-state index >= 15 is 0 Å². The number of amides is 1. The van der Waals surface area contributed by atoms with Crippen molar-refractivity contribution in [2.45, 2.75) is 6.92 Å². The Morgan fingerprint density at radius 2 is 2.00 bits per heavy atom. The molecular weight excluding hydrogens is 343 g/mol. The molecule has 0 atom stereocenters. The maximum atomic E-state index is 13.6. The zero-order valence-corrected chi connectivity index (χ0v) is 12.5. The highest BCUT2D eigenvalue weighted by Crippen LogP contribution is 2.22. The molecule has 0 saturated heterocycles. The summed E-state index contributed by atoms with van der Waals surface area (Å²) in [5, 5.41) is 13.2. The molecule has 0 aliphatic heterocycles. The summed E-state index contributed by atoms with van der Waals surface area (Å²) >= 11 is 3.32. The van der Waals surface area contributed by atoms with E-state index in [4.69, 9.17) is 0 Å². The van der Waals surface area contributed by atoms with E-state index in [1.54, 1.807) is 18.2 Å². The normalized spacial score (nSPS) is 10.2. The number of nitro groups is 1. The molecule has 7 heteroatoms. The average molecular weight is 353 g/mol. The minimum absolute atomic E-state index is 0.341. The summed E-state index contributed by atoms with van der Waals surface area (Å²) in [6.45, 7) is 1.88. The standard InChI is InChI=1S/C14H10BrFN2O3/c1-8-2-3-9(6-12(8)15)17-14(19)11-7-10(18(20)21)4-5-13(11)16/h2-7H,1H3,(H,17,19). The summed E-state index contributed by atoms with van der Waals surface area (Å²) in [6.07, 6.45) is 0. The first-order valence-electron chi connectivity index (χ1n) is 5.90. The molecule has 0 heterocycles. The van der Waals surface area contributed by atoms with Crippen LogP contribution in [0.2, 0.25) is 0 Å². The van der Waals surface area contributed by atoms with Gasteiger partial charge in [0.25, 0.3) is 11.6 Å². The van der Waals surface area contributed by atoms with Gasteiger partial charge >= 0.3 is 0 Å². The predicted molar refractivity (Wildman–Crippen MR) is 79.9 cm³/mol. The lowest BCUT2D eigenvalue weighted by Crippen LogP contribution is -2.14. The number of nitro benzene ring substituents is 1. The van der Waals surface area contributed by atoms with E-state index in [1.807, 2.05) is 6.92 Å². The molecule has 2 aromatic carbocycles. The first-order valence-corrected chi connectivity index (χ1v) is 6.69. The summed E-state index contributed by atoms with van der Waals surface area (Å²) < 4.78 is 14.4. The molecule has 1 N–H and O–H groups in total. The topological polar surface area (TPSA) is 72.2 Å². The van der Waals surface area contributed by atoms with Crippen LogP contribution in [0.3, 0.4) is 0 Å². The van der Waals surface area contributed by atoms with Crippen molar-refractivity contribution in [1.29, 1.82) is 0 Å². The van der Waals surface area contributed by atoms with Gasteiger partial charge in [-0.3, -0.25) is 14.9 Å². The Balaban J connectivity index is 2.29. The second-order valence-corrected chi connectivity index (χ2v) is 5.19. The van der Waals surface area contributed by atoms with Gasteiger partial charge in [-0.25, -0.2) is 4.39 Å².